The average Bonchev–Trinajstić information content (AvgIpc) is 3.00. The molecule has 3 aromatic rings. The van der Waals surface area contributed by atoms with Gasteiger partial charge in [-0.3, -0.25) is 9.89 Å². The summed E-state index contributed by atoms with van der Waals surface area (Å²) in [7, 11) is 0. The predicted octanol–water partition coefficient (Wildman–Crippen LogP) is 3.50. The quantitative estimate of drug-likeness (QED) is 0.760. The first-order chi connectivity index (χ1) is 11.1. The molecule has 2 unspecified atom stereocenters. The highest BCUT2D eigenvalue weighted by Gasteiger charge is 2.38. The number of fused-ring (bicyclic) bond motifs is 2. The summed E-state index contributed by atoms with van der Waals surface area (Å²) in [5.74, 6) is -1.18. The zero-order chi connectivity index (χ0) is 16.0. The molecule has 0 spiro atoms. The molecule has 2 aromatic carbocycles. The minimum Gasteiger partial charge on any atom is -0.481 e. The van der Waals surface area contributed by atoms with Crippen molar-refractivity contribution < 1.29 is 9.90 Å². The second kappa shape index (κ2) is 5.05. The van der Waals surface area contributed by atoms with Crippen molar-refractivity contribution in [2.24, 2.45) is 10.9 Å². The minimum atomic E-state index is -0.865. The van der Waals surface area contributed by atoms with E-state index in [0.29, 0.717) is 11.5 Å². The zero-order valence-corrected chi connectivity index (χ0v) is 12.5. The number of carboxylic acid groups (broad SMARTS) is 1. The van der Waals surface area contributed by atoms with Crippen molar-refractivity contribution in [2.45, 2.75) is 12.8 Å². The minimum absolute atomic E-state index is 0.289. The highest BCUT2D eigenvalue weighted by Crippen LogP contribution is 2.42. The number of aromatic amines is 1. The molecule has 0 saturated carbocycles. The Kier molecular flexibility index (Phi) is 3.01. The number of nitrogens with zero attached hydrogens (tertiary/aromatic N) is 2. The second-order valence-electron chi connectivity index (χ2n) is 5.83. The molecule has 2 heterocycles. The third-order valence-electron chi connectivity index (χ3n) is 4.45. The molecular formula is C18H15N3O2. The van der Waals surface area contributed by atoms with Gasteiger partial charge in [-0.05, 0) is 23.3 Å². The van der Waals surface area contributed by atoms with E-state index in [1.807, 2.05) is 36.4 Å². The maximum Gasteiger partial charge on any atom is 0.313 e. The van der Waals surface area contributed by atoms with Crippen molar-refractivity contribution in [3.8, 4) is 0 Å². The number of nitrogens with one attached hydrogen (secondary N) is 1. The van der Waals surface area contributed by atoms with Crippen LogP contribution in [0.15, 0.2) is 53.7 Å². The lowest BCUT2D eigenvalue weighted by molar-refractivity contribution is -0.139. The molecule has 5 nitrogen and oxygen atoms in total. The van der Waals surface area contributed by atoms with Crippen LogP contribution in [0.2, 0.25) is 0 Å². The molecule has 2 atom stereocenters. The molecule has 0 radical (unpaired) electrons. The van der Waals surface area contributed by atoms with Gasteiger partial charge in [-0.2, -0.15) is 5.10 Å². The van der Waals surface area contributed by atoms with Crippen molar-refractivity contribution in [3.05, 3.63) is 59.8 Å². The van der Waals surface area contributed by atoms with Gasteiger partial charge in [-0.15, -0.1) is 0 Å². The first kappa shape index (κ1) is 13.7. The Bertz CT molecular complexity index is 942. The SMILES string of the molecule is CC1=Nc2[nH]ncc2C(c2ccc3ccccc3c2)C1C(=O)O. The van der Waals surface area contributed by atoms with Gasteiger partial charge in [0, 0.05) is 17.2 Å². The Labute approximate surface area is 132 Å². The Morgan fingerprint density at radius 2 is 1.96 bits per heavy atom. The maximum absolute atomic E-state index is 11.8. The van der Waals surface area contributed by atoms with Crippen LogP contribution in [-0.4, -0.2) is 27.0 Å². The van der Waals surface area contributed by atoms with E-state index >= 15 is 0 Å². The van der Waals surface area contributed by atoms with E-state index in [9.17, 15) is 9.90 Å². The van der Waals surface area contributed by atoms with Crippen molar-refractivity contribution >= 4 is 28.3 Å². The van der Waals surface area contributed by atoms with Gasteiger partial charge in [-0.1, -0.05) is 42.5 Å². The first-order valence-corrected chi connectivity index (χ1v) is 7.45. The van der Waals surface area contributed by atoms with Gasteiger partial charge >= 0.3 is 5.97 Å². The number of aliphatic carboxylic acids is 1. The van der Waals surface area contributed by atoms with Gasteiger partial charge in [0.05, 0.1) is 6.20 Å². The summed E-state index contributed by atoms with van der Waals surface area (Å²) in [5.41, 5.74) is 2.39. The molecule has 5 heteroatoms. The Balaban J connectivity index is 1.92. The molecule has 4 rings (SSSR count). The lowest BCUT2D eigenvalue weighted by Gasteiger charge is -2.27. The van der Waals surface area contributed by atoms with E-state index in [0.717, 1.165) is 21.9 Å². The molecule has 0 saturated heterocycles. The maximum atomic E-state index is 11.8. The van der Waals surface area contributed by atoms with Crippen LogP contribution in [0, 0.1) is 5.92 Å². The Morgan fingerprint density at radius 1 is 1.17 bits per heavy atom. The van der Waals surface area contributed by atoms with Crippen molar-refractivity contribution in [1.29, 1.82) is 0 Å². The summed E-state index contributed by atoms with van der Waals surface area (Å²) in [4.78, 5) is 16.2. The van der Waals surface area contributed by atoms with E-state index in [1.54, 1.807) is 13.1 Å². The Morgan fingerprint density at radius 3 is 2.74 bits per heavy atom. The monoisotopic (exact) mass is 305 g/mol. The van der Waals surface area contributed by atoms with Crippen LogP contribution >= 0.6 is 0 Å². The fraction of sp³-hybridized carbons (Fsp3) is 0.167. The fourth-order valence-electron chi connectivity index (χ4n) is 3.37. The molecule has 114 valence electrons. The first-order valence-electron chi connectivity index (χ1n) is 7.45. The standard InChI is InChI=1S/C18H15N3O2/c1-10-15(18(22)23)16(14-9-19-21-17(14)20-10)13-7-6-11-4-2-3-5-12(11)8-13/h2-9,15-16H,1H3,(H,19,21)(H,22,23). The number of carboxylic acids is 1. The number of hydrogen-bond acceptors (Lipinski definition) is 3. The molecule has 1 aliphatic rings. The molecule has 0 bridgehead atoms. The number of benzene rings is 2. The number of H-pyrrole nitrogens is 1. The molecule has 0 fully saturated rings. The summed E-state index contributed by atoms with van der Waals surface area (Å²) >= 11 is 0. The molecular weight excluding hydrogens is 290 g/mol. The van der Waals surface area contributed by atoms with Crippen molar-refractivity contribution in [2.75, 3.05) is 0 Å². The normalized spacial score (nSPS) is 20.1. The summed E-state index contributed by atoms with van der Waals surface area (Å²) in [5, 5.41) is 18.8. The molecule has 1 aromatic heterocycles. The van der Waals surface area contributed by atoms with Crippen LogP contribution in [0.25, 0.3) is 10.8 Å². The molecule has 1 aliphatic heterocycles. The largest absolute Gasteiger partial charge is 0.481 e. The van der Waals surface area contributed by atoms with Gasteiger partial charge in [-0.25, -0.2) is 4.99 Å². The van der Waals surface area contributed by atoms with E-state index in [4.69, 9.17) is 0 Å². The number of hydrogen-bond donors (Lipinski definition) is 2. The molecule has 2 N–H and O–H groups in total. The molecule has 0 amide bonds. The van der Waals surface area contributed by atoms with Gasteiger partial charge in [0.1, 0.15) is 5.92 Å². The number of aliphatic imine (C=N–C) groups is 1. The fourth-order valence-corrected chi connectivity index (χ4v) is 3.37. The number of carbonyl (C=O) groups is 1. The van der Waals surface area contributed by atoms with Crippen LogP contribution in [0.5, 0.6) is 0 Å². The lowest BCUT2D eigenvalue weighted by Crippen LogP contribution is -2.31. The van der Waals surface area contributed by atoms with Crippen LogP contribution in [0.1, 0.15) is 24.0 Å². The summed E-state index contributed by atoms with van der Waals surface area (Å²) in [6.07, 6.45) is 1.68. The van der Waals surface area contributed by atoms with Crippen LogP contribution < -0.4 is 0 Å². The third-order valence-corrected chi connectivity index (χ3v) is 4.45. The van der Waals surface area contributed by atoms with Crippen LogP contribution in [-0.2, 0) is 4.79 Å². The summed E-state index contributed by atoms with van der Waals surface area (Å²) in [6, 6.07) is 14.2. The lowest BCUT2D eigenvalue weighted by atomic mass is 9.77. The van der Waals surface area contributed by atoms with Crippen molar-refractivity contribution in [3.63, 3.8) is 0 Å². The topological polar surface area (TPSA) is 78.3 Å². The van der Waals surface area contributed by atoms with Gasteiger partial charge < -0.3 is 5.11 Å². The molecule has 0 aliphatic carbocycles. The summed E-state index contributed by atoms with van der Waals surface area (Å²) in [6.45, 7) is 1.76. The van der Waals surface area contributed by atoms with Crippen LogP contribution in [0.4, 0.5) is 5.82 Å². The smallest absolute Gasteiger partial charge is 0.313 e. The van der Waals surface area contributed by atoms with E-state index in [-0.39, 0.29) is 5.92 Å². The van der Waals surface area contributed by atoms with Gasteiger partial charge in [0.25, 0.3) is 0 Å². The highest BCUT2D eigenvalue weighted by atomic mass is 16.4. The van der Waals surface area contributed by atoms with Crippen molar-refractivity contribution in [1.82, 2.24) is 10.2 Å². The van der Waals surface area contributed by atoms with E-state index < -0.39 is 11.9 Å². The van der Waals surface area contributed by atoms with Crippen LogP contribution in [0.3, 0.4) is 0 Å². The van der Waals surface area contributed by atoms with Gasteiger partial charge in [0.15, 0.2) is 5.82 Å². The summed E-state index contributed by atoms with van der Waals surface area (Å²) < 4.78 is 0. The number of rotatable bonds is 2. The average molecular weight is 305 g/mol. The van der Waals surface area contributed by atoms with Gasteiger partial charge in [0.2, 0.25) is 0 Å². The Hall–Kier alpha value is -2.95. The van der Waals surface area contributed by atoms with E-state index in [1.165, 1.54) is 0 Å². The molecule has 23 heavy (non-hydrogen) atoms. The predicted molar refractivity (Wildman–Crippen MR) is 88.3 cm³/mol. The number of aromatic nitrogens is 2. The zero-order valence-electron chi connectivity index (χ0n) is 12.5. The highest BCUT2D eigenvalue weighted by molar-refractivity contribution is 6.04. The second-order valence-corrected chi connectivity index (χ2v) is 5.83. The van der Waals surface area contributed by atoms with E-state index in [2.05, 4.69) is 21.3 Å². The third kappa shape index (κ3) is 2.12.